The molecule has 3 heterocycles. The average molecular weight is 401 g/mol. The summed E-state index contributed by atoms with van der Waals surface area (Å²) in [5, 5.41) is 16.5. The Hall–Kier alpha value is -2.32. The van der Waals surface area contributed by atoms with E-state index in [9.17, 15) is 9.50 Å². The van der Waals surface area contributed by atoms with Crippen LogP contribution in [0.25, 0.3) is 0 Å². The third kappa shape index (κ3) is 5.19. The molecule has 1 aliphatic heterocycles. The highest BCUT2D eigenvalue weighted by Gasteiger charge is 2.25. The van der Waals surface area contributed by atoms with Gasteiger partial charge in [-0.25, -0.2) is 14.4 Å². The molecule has 2 fully saturated rings. The molecule has 29 heavy (non-hydrogen) atoms. The zero-order chi connectivity index (χ0) is 20.2. The zero-order valence-electron chi connectivity index (χ0n) is 16.8. The molecule has 2 aromatic rings. The largest absolute Gasteiger partial charge is 0.393 e. The van der Waals surface area contributed by atoms with Crippen molar-refractivity contribution in [1.29, 1.82) is 0 Å². The smallest absolute Gasteiger partial charge is 0.230 e. The highest BCUT2D eigenvalue weighted by atomic mass is 19.1. The van der Waals surface area contributed by atoms with Gasteiger partial charge in [-0.1, -0.05) is 0 Å². The molecule has 2 aromatic heterocycles. The fourth-order valence-electron chi connectivity index (χ4n) is 4.16. The number of likely N-dealkylation sites (tertiary alicyclic amines) is 1. The topological polar surface area (TPSA) is 86.2 Å². The second-order valence-corrected chi connectivity index (χ2v) is 8.21. The van der Waals surface area contributed by atoms with Crippen LogP contribution in [0.2, 0.25) is 0 Å². The summed E-state index contributed by atoms with van der Waals surface area (Å²) in [4.78, 5) is 15.6. The zero-order valence-corrected chi connectivity index (χ0v) is 16.8. The maximum atomic E-state index is 13.1. The number of nitrogens with one attached hydrogen (secondary N) is 2. The summed E-state index contributed by atoms with van der Waals surface area (Å²) in [5.74, 6) is 1.86. The minimum absolute atomic E-state index is 0.187. The van der Waals surface area contributed by atoms with Crippen molar-refractivity contribution in [3.05, 3.63) is 35.9 Å². The van der Waals surface area contributed by atoms with Crippen LogP contribution in [0.5, 0.6) is 0 Å². The van der Waals surface area contributed by atoms with Crippen LogP contribution in [0.4, 0.5) is 22.0 Å². The average Bonchev–Trinajstić information content (AvgIpc) is 2.73. The number of halogens is 1. The summed E-state index contributed by atoms with van der Waals surface area (Å²) < 4.78 is 13.1. The lowest BCUT2D eigenvalue weighted by Gasteiger charge is -2.32. The van der Waals surface area contributed by atoms with E-state index in [1.54, 1.807) is 6.07 Å². The molecule has 0 aromatic carbocycles. The first-order valence-corrected chi connectivity index (χ1v) is 10.5. The van der Waals surface area contributed by atoms with Gasteiger partial charge < -0.3 is 20.6 Å². The molecule has 156 valence electrons. The van der Waals surface area contributed by atoms with Gasteiger partial charge >= 0.3 is 0 Å². The minimum atomic E-state index is -0.379. The summed E-state index contributed by atoms with van der Waals surface area (Å²) in [6, 6.07) is 3.23. The minimum Gasteiger partial charge on any atom is -0.393 e. The lowest BCUT2D eigenvalue weighted by Crippen LogP contribution is -2.31. The Labute approximate surface area is 170 Å². The number of piperidine rings is 1. The van der Waals surface area contributed by atoms with Crippen LogP contribution in [0.3, 0.4) is 0 Å². The van der Waals surface area contributed by atoms with E-state index in [1.807, 2.05) is 6.20 Å². The number of nitrogens with zero attached hydrogens (tertiary/aromatic N) is 4. The van der Waals surface area contributed by atoms with Crippen molar-refractivity contribution in [1.82, 2.24) is 19.9 Å². The van der Waals surface area contributed by atoms with E-state index in [-0.39, 0.29) is 11.9 Å². The third-order valence-electron chi connectivity index (χ3n) is 5.98. The van der Waals surface area contributed by atoms with Crippen molar-refractivity contribution in [2.24, 2.45) is 0 Å². The van der Waals surface area contributed by atoms with Gasteiger partial charge in [0.25, 0.3) is 0 Å². The number of aliphatic hydroxyl groups excluding tert-OH is 1. The molecule has 1 saturated carbocycles. The number of aromatic nitrogens is 3. The fraction of sp³-hybridized carbons (Fsp3) is 0.571. The van der Waals surface area contributed by atoms with Crippen LogP contribution in [-0.2, 0) is 0 Å². The van der Waals surface area contributed by atoms with Crippen LogP contribution in [-0.4, -0.2) is 57.2 Å². The van der Waals surface area contributed by atoms with E-state index in [0.717, 1.165) is 63.0 Å². The van der Waals surface area contributed by atoms with Crippen molar-refractivity contribution in [2.45, 2.75) is 56.6 Å². The Bertz CT molecular complexity index is 801. The molecule has 0 amide bonds. The number of aliphatic hydroxyl groups is 1. The number of anilines is 3. The maximum Gasteiger partial charge on any atom is 0.230 e. The molecule has 0 atom stereocenters. The molecule has 0 spiro atoms. The van der Waals surface area contributed by atoms with Gasteiger partial charge in [0.05, 0.1) is 12.3 Å². The van der Waals surface area contributed by atoms with Crippen molar-refractivity contribution in [3.63, 3.8) is 0 Å². The highest BCUT2D eigenvalue weighted by Crippen LogP contribution is 2.33. The van der Waals surface area contributed by atoms with Crippen LogP contribution < -0.4 is 10.6 Å². The SMILES string of the molecule is CN1CCC(c2cnc(Nc3ccc(F)cn3)nc2NC2CCC(O)CC2)CC1. The predicted molar refractivity (Wildman–Crippen MR) is 111 cm³/mol. The van der Waals surface area contributed by atoms with Crippen LogP contribution in [0.1, 0.15) is 50.0 Å². The summed E-state index contributed by atoms with van der Waals surface area (Å²) in [6.45, 7) is 2.14. The monoisotopic (exact) mass is 400 g/mol. The quantitative estimate of drug-likeness (QED) is 0.710. The molecule has 7 nitrogen and oxygen atoms in total. The number of pyridine rings is 1. The van der Waals surface area contributed by atoms with Gasteiger partial charge in [-0.15, -0.1) is 0 Å². The van der Waals surface area contributed by atoms with Crippen molar-refractivity contribution in [3.8, 4) is 0 Å². The van der Waals surface area contributed by atoms with Gasteiger partial charge in [0.1, 0.15) is 17.5 Å². The third-order valence-corrected chi connectivity index (χ3v) is 5.98. The molecule has 0 bridgehead atoms. The molecule has 4 rings (SSSR count). The lowest BCUT2D eigenvalue weighted by molar-refractivity contribution is 0.126. The van der Waals surface area contributed by atoms with E-state index < -0.39 is 0 Å². The van der Waals surface area contributed by atoms with Crippen molar-refractivity contribution < 1.29 is 9.50 Å². The van der Waals surface area contributed by atoms with Gasteiger partial charge in [-0.2, -0.15) is 4.98 Å². The first-order chi connectivity index (χ1) is 14.1. The van der Waals surface area contributed by atoms with E-state index in [0.29, 0.717) is 23.7 Å². The lowest BCUT2D eigenvalue weighted by atomic mass is 9.89. The van der Waals surface area contributed by atoms with Gasteiger partial charge in [-0.3, -0.25) is 0 Å². The Morgan fingerprint density at radius 1 is 1.03 bits per heavy atom. The Kier molecular flexibility index (Phi) is 6.20. The normalized spacial score (nSPS) is 23.7. The summed E-state index contributed by atoms with van der Waals surface area (Å²) in [7, 11) is 2.15. The number of rotatable bonds is 5. The number of hydrogen-bond acceptors (Lipinski definition) is 7. The fourth-order valence-corrected chi connectivity index (χ4v) is 4.16. The molecule has 2 aliphatic rings. The highest BCUT2D eigenvalue weighted by molar-refractivity contribution is 5.54. The van der Waals surface area contributed by atoms with Crippen LogP contribution >= 0.6 is 0 Å². The number of hydrogen-bond donors (Lipinski definition) is 3. The second-order valence-electron chi connectivity index (χ2n) is 8.21. The van der Waals surface area contributed by atoms with Gasteiger partial charge in [0.2, 0.25) is 5.95 Å². The molecule has 3 N–H and O–H groups in total. The van der Waals surface area contributed by atoms with Gasteiger partial charge in [0, 0.05) is 17.8 Å². The van der Waals surface area contributed by atoms with Gasteiger partial charge in [-0.05, 0) is 76.7 Å². The van der Waals surface area contributed by atoms with E-state index >= 15 is 0 Å². The predicted octanol–water partition coefficient (Wildman–Crippen LogP) is 3.28. The van der Waals surface area contributed by atoms with Crippen molar-refractivity contribution in [2.75, 3.05) is 30.8 Å². The molecular weight excluding hydrogens is 371 g/mol. The first kappa shape index (κ1) is 20.0. The molecular formula is C21H29FN6O. The van der Waals surface area contributed by atoms with E-state index in [1.165, 1.54) is 12.3 Å². The molecule has 0 unspecified atom stereocenters. The second kappa shape index (κ2) is 9.00. The summed E-state index contributed by atoms with van der Waals surface area (Å²) >= 11 is 0. The molecule has 8 heteroatoms. The standard InChI is InChI=1S/C21H29FN6O/c1-28-10-8-14(9-11-28)18-13-24-21(26-19-7-2-15(22)12-23-19)27-20(18)25-16-3-5-17(29)6-4-16/h2,7,12-14,16-17,29H,3-6,8-11H2,1H3,(H2,23,24,25,26,27). The summed E-state index contributed by atoms with van der Waals surface area (Å²) in [6.07, 6.45) is 8.56. The van der Waals surface area contributed by atoms with Crippen LogP contribution in [0, 0.1) is 5.82 Å². The van der Waals surface area contributed by atoms with E-state index in [2.05, 4.69) is 32.5 Å². The maximum absolute atomic E-state index is 13.1. The summed E-state index contributed by atoms with van der Waals surface area (Å²) in [5.41, 5.74) is 1.15. The Morgan fingerprint density at radius 2 is 1.79 bits per heavy atom. The molecule has 1 aliphatic carbocycles. The van der Waals surface area contributed by atoms with Crippen molar-refractivity contribution >= 4 is 17.6 Å². The molecule has 0 radical (unpaired) electrons. The van der Waals surface area contributed by atoms with Crippen LogP contribution in [0.15, 0.2) is 24.5 Å². The van der Waals surface area contributed by atoms with Gasteiger partial charge in [0.15, 0.2) is 0 Å². The van der Waals surface area contributed by atoms with E-state index in [4.69, 9.17) is 4.98 Å². The Morgan fingerprint density at radius 3 is 2.48 bits per heavy atom. The Balaban J connectivity index is 1.55. The molecule has 1 saturated heterocycles. The first-order valence-electron chi connectivity index (χ1n) is 10.5.